The Kier molecular flexibility index (Phi) is 6.81. The second-order valence-electron chi connectivity index (χ2n) is 5.26. The first-order chi connectivity index (χ1) is 9.81. The SMILES string of the molecule is CC(SCCCCCCS)c1ccc2ccccc2c1. The van der Waals surface area contributed by atoms with E-state index in [1.807, 2.05) is 0 Å². The molecule has 2 rings (SSSR count). The lowest BCUT2D eigenvalue weighted by Gasteiger charge is -2.12. The van der Waals surface area contributed by atoms with Gasteiger partial charge in [0.05, 0.1) is 0 Å². The Hall–Kier alpha value is -0.600. The standard InChI is InChI=1S/C18H24S2/c1-15(20-13-7-3-2-6-12-19)17-11-10-16-8-4-5-9-18(16)14-17/h4-5,8-11,14-15,19H,2-3,6-7,12-13H2,1H3. The molecule has 20 heavy (non-hydrogen) atoms. The van der Waals surface area contributed by atoms with Crippen molar-refractivity contribution in [3.63, 3.8) is 0 Å². The Morgan fingerprint density at radius 1 is 0.950 bits per heavy atom. The number of rotatable bonds is 8. The van der Waals surface area contributed by atoms with Gasteiger partial charge in [0.2, 0.25) is 0 Å². The summed E-state index contributed by atoms with van der Waals surface area (Å²) in [6.07, 6.45) is 5.26. The number of hydrogen-bond donors (Lipinski definition) is 1. The molecule has 0 saturated carbocycles. The molecule has 0 aliphatic rings. The summed E-state index contributed by atoms with van der Waals surface area (Å²) in [6.45, 7) is 2.32. The Balaban J connectivity index is 1.83. The molecule has 0 N–H and O–H groups in total. The maximum atomic E-state index is 4.25. The molecule has 0 bridgehead atoms. The fourth-order valence-corrected chi connectivity index (χ4v) is 3.67. The lowest BCUT2D eigenvalue weighted by molar-refractivity contribution is 0.711. The van der Waals surface area contributed by atoms with E-state index >= 15 is 0 Å². The van der Waals surface area contributed by atoms with E-state index in [1.165, 1.54) is 47.8 Å². The molecular weight excluding hydrogens is 280 g/mol. The van der Waals surface area contributed by atoms with Gasteiger partial charge < -0.3 is 0 Å². The van der Waals surface area contributed by atoms with Gasteiger partial charge in [0.1, 0.15) is 0 Å². The van der Waals surface area contributed by atoms with Crippen molar-refractivity contribution in [3.05, 3.63) is 48.0 Å². The molecule has 2 aromatic carbocycles. The van der Waals surface area contributed by atoms with Crippen LogP contribution in [0.1, 0.15) is 43.4 Å². The monoisotopic (exact) mass is 304 g/mol. The Morgan fingerprint density at radius 3 is 2.50 bits per heavy atom. The molecule has 0 saturated heterocycles. The van der Waals surface area contributed by atoms with Gasteiger partial charge in [0.15, 0.2) is 0 Å². The van der Waals surface area contributed by atoms with E-state index in [9.17, 15) is 0 Å². The summed E-state index contributed by atoms with van der Waals surface area (Å²) in [7, 11) is 0. The van der Waals surface area contributed by atoms with Crippen LogP contribution in [-0.2, 0) is 0 Å². The highest BCUT2D eigenvalue weighted by Gasteiger charge is 2.06. The highest BCUT2D eigenvalue weighted by molar-refractivity contribution is 7.99. The maximum Gasteiger partial charge on any atom is 0.0269 e. The number of thioether (sulfide) groups is 1. The fourth-order valence-electron chi connectivity index (χ4n) is 2.38. The van der Waals surface area contributed by atoms with Crippen LogP contribution in [0.4, 0.5) is 0 Å². The van der Waals surface area contributed by atoms with E-state index in [0.717, 1.165) is 5.75 Å². The zero-order chi connectivity index (χ0) is 14.2. The first-order valence-electron chi connectivity index (χ1n) is 7.52. The van der Waals surface area contributed by atoms with Gasteiger partial charge in [-0.15, -0.1) is 0 Å². The summed E-state index contributed by atoms with van der Waals surface area (Å²) in [5, 5.41) is 3.27. The van der Waals surface area contributed by atoms with Crippen LogP contribution < -0.4 is 0 Å². The molecule has 2 aromatic rings. The number of unbranched alkanes of at least 4 members (excludes halogenated alkanes) is 3. The molecule has 1 unspecified atom stereocenters. The molecule has 0 aliphatic carbocycles. The van der Waals surface area contributed by atoms with E-state index in [-0.39, 0.29) is 0 Å². The molecule has 0 amide bonds. The van der Waals surface area contributed by atoms with E-state index in [0.29, 0.717) is 5.25 Å². The van der Waals surface area contributed by atoms with E-state index in [2.05, 4.69) is 73.8 Å². The molecule has 0 spiro atoms. The Bertz CT molecular complexity index is 522. The van der Waals surface area contributed by atoms with Gasteiger partial charge in [0, 0.05) is 5.25 Å². The highest BCUT2D eigenvalue weighted by Crippen LogP contribution is 2.31. The second-order valence-corrected chi connectivity index (χ2v) is 7.15. The van der Waals surface area contributed by atoms with E-state index in [1.54, 1.807) is 0 Å². The normalized spacial score (nSPS) is 12.7. The molecule has 0 radical (unpaired) electrons. The van der Waals surface area contributed by atoms with Crippen LogP contribution >= 0.6 is 24.4 Å². The second kappa shape index (κ2) is 8.63. The van der Waals surface area contributed by atoms with Gasteiger partial charge in [0.25, 0.3) is 0 Å². The van der Waals surface area contributed by atoms with Crippen molar-refractivity contribution < 1.29 is 0 Å². The largest absolute Gasteiger partial charge is 0.179 e. The van der Waals surface area contributed by atoms with Gasteiger partial charge in [-0.1, -0.05) is 55.3 Å². The minimum Gasteiger partial charge on any atom is -0.179 e. The van der Waals surface area contributed by atoms with Crippen molar-refractivity contribution in [2.75, 3.05) is 11.5 Å². The third-order valence-electron chi connectivity index (χ3n) is 3.66. The molecule has 0 nitrogen and oxygen atoms in total. The van der Waals surface area contributed by atoms with Crippen LogP contribution in [0.5, 0.6) is 0 Å². The number of thiol groups is 1. The summed E-state index contributed by atoms with van der Waals surface area (Å²) in [4.78, 5) is 0. The third kappa shape index (κ3) is 4.75. The van der Waals surface area contributed by atoms with E-state index in [4.69, 9.17) is 0 Å². The smallest absolute Gasteiger partial charge is 0.0269 e. The molecule has 1 atom stereocenters. The highest BCUT2D eigenvalue weighted by atomic mass is 32.2. The molecular formula is C18H24S2. The number of hydrogen-bond acceptors (Lipinski definition) is 2. The number of fused-ring (bicyclic) bond motifs is 1. The van der Waals surface area contributed by atoms with Crippen LogP contribution in [0.15, 0.2) is 42.5 Å². The minimum atomic E-state index is 0.587. The van der Waals surface area contributed by atoms with Crippen LogP contribution in [0.3, 0.4) is 0 Å². The summed E-state index contributed by atoms with van der Waals surface area (Å²) in [5.74, 6) is 2.29. The summed E-state index contributed by atoms with van der Waals surface area (Å²) in [5.41, 5.74) is 1.45. The molecule has 0 aromatic heterocycles. The first-order valence-corrected chi connectivity index (χ1v) is 9.20. The van der Waals surface area contributed by atoms with Gasteiger partial charge in [-0.05, 0) is 47.6 Å². The Labute approximate surface area is 132 Å². The molecule has 0 fully saturated rings. The van der Waals surface area contributed by atoms with Gasteiger partial charge in [-0.25, -0.2) is 0 Å². The van der Waals surface area contributed by atoms with Crippen LogP contribution in [0.25, 0.3) is 10.8 Å². The van der Waals surface area contributed by atoms with Crippen LogP contribution in [-0.4, -0.2) is 11.5 Å². The predicted molar refractivity (Wildman–Crippen MR) is 97.1 cm³/mol. The first kappa shape index (κ1) is 15.8. The third-order valence-corrected chi connectivity index (χ3v) is 5.28. The maximum absolute atomic E-state index is 4.25. The van der Waals surface area contributed by atoms with Crippen molar-refractivity contribution in [1.82, 2.24) is 0 Å². The summed E-state index contributed by atoms with van der Waals surface area (Å²) in [6, 6.07) is 15.5. The zero-order valence-corrected chi connectivity index (χ0v) is 13.9. The van der Waals surface area contributed by atoms with Crippen molar-refractivity contribution in [2.45, 2.75) is 37.9 Å². The Morgan fingerprint density at radius 2 is 1.70 bits per heavy atom. The summed E-state index contributed by atoms with van der Waals surface area (Å²) < 4.78 is 0. The predicted octanol–water partition coefficient (Wildman–Crippen LogP) is 6.12. The van der Waals surface area contributed by atoms with Crippen molar-refractivity contribution in [1.29, 1.82) is 0 Å². The van der Waals surface area contributed by atoms with Gasteiger partial charge >= 0.3 is 0 Å². The quantitative estimate of drug-likeness (QED) is 0.452. The van der Waals surface area contributed by atoms with Crippen LogP contribution in [0, 0.1) is 0 Å². The van der Waals surface area contributed by atoms with Crippen molar-refractivity contribution in [3.8, 4) is 0 Å². The molecule has 108 valence electrons. The molecule has 2 heteroatoms. The van der Waals surface area contributed by atoms with Crippen molar-refractivity contribution >= 4 is 35.2 Å². The molecule has 0 heterocycles. The molecule has 0 aliphatic heterocycles. The van der Waals surface area contributed by atoms with Crippen molar-refractivity contribution in [2.24, 2.45) is 0 Å². The van der Waals surface area contributed by atoms with Gasteiger partial charge in [-0.2, -0.15) is 24.4 Å². The lowest BCUT2D eigenvalue weighted by atomic mass is 10.1. The lowest BCUT2D eigenvalue weighted by Crippen LogP contribution is -1.91. The average Bonchev–Trinajstić information content (AvgIpc) is 2.50. The fraction of sp³-hybridized carbons (Fsp3) is 0.444. The summed E-state index contributed by atoms with van der Waals surface area (Å²) >= 11 is 6.33. The van der Waals surface area contributed by atoms with Gasteiger partial charge in [-0.3, -0.25) is 0 Å². The number of benzene rings is 2. The minimum absolute atomic E-state index is 0.587. The van der Waals surface area contributed by atoms with E-state index < -0.39 is 0 Å². The zero-order valence-electron chi connectivity index (χ0n) is 12.2. The topological polar surface area (TPSA) is 0 Å². The average molecular weight is 305 g/mol. The van der Waals surface area contributed by atoms with Crippen LogP contribution in [0.2, 0.25) is 0 Å².